The number of nitrogens with one attached hydrogen (secondary N) is 2. The van der Waals surface area contributed by atoms with Crippen molar-refractivity contribution >= 4 is 5.91 Å². The lowest BCUT2D eigenvalue weighted by atomic mass is 10.1. The standard InChI is InChI=1S/C14H20N2O4/c1-9(2)16-14(18)3-4-15-7-10-5-12-13(6-11(10)17)20-8-19-12/h5-6,9,15,17H,3-4,7-8H2,1-2H3,(H,16,18). The van der Waals surface area contributed by atoms with E-state index in [0.717, 1.165) is 5.56 Å². The highest BCUT2D eigenvalue weighted by molar-refractivity contribution is 5.76. The molecule has 0 radical (unpaired) electrons. The first kappa shape index (κ1) is 14.5. The SMILES string of the molecule is CC(C)NC(=O)CCNCc1cc2c(cc1O)OCO2. The van der Waals surface area contributed by atoms with Gasteiger partial charge in [0.15, 0.2) is 11.5 Å². The number of ether oxygens (including phenoxy) is 2. The van der Waals surface area contributed by atoms with Crippen LogP contribution in [0.4, 0.5) is 0 Å². The lowest BCUT2D eigenvalue weighted by molar-refractivity contribution is -0.121. The molecular formula is C14H20N2O4. The van der Waals surface area contributed by atoms with Gasteiger partial charge in [0.2, 0.25) is 12.7 Å². The quantitative estimate of drug-likeness (QED) is 0.681. The number of benzene rings is 1. The number of phenolic OH excluding ortho intramolecular Hbond substituents is 1. The first-order chi connectivity index (χ1) is 9.56. The molecule has 1 aromatic carbocycles. The highest BCUT2D eigenvalue weighted by Crippen LogP contribution is 2.37. The van der Waals surface area contributed by atoms with E-state index < -0.39 is 0 Å². The molecule has 1 amide bonds. The van der Waals surface area contributed by atoms with Gasteiger partial charge in [0.1, 0.15) is 5.75 Å². The summed E-state index contributed by atoms with van der Waals surface area (Å²) in [6, 6.07) is 3.45. The molecule has 110 valence electrons. The zero-order valence-corrected chi connectivity index (χ0v) is 11.7. The van der Waals surface area contributed by atoms with Crippen LogP contribution in [0.2, 0.25) is 0 Å². The summed E-state index contributed by atoms with van der Waals surface area (Å²) in [5, 5.41) is 15.8. The van der Waals surface area contributed by atoms with Gasteiger partial charge in [0.25, 0.3) is 0 Å². The first-order valence-electron chi connectivity index (χ1n) is 6.68. The van der Waals surface area contributed by atoms with Crippen molar-refractivity contribution in [3.63, 3.8) is 0 Å². The van der Waals surface area contributed by atoms with Crippen LogP contribution in [0.3, 0.4) is 0 Å². The molecule has 2 rings (SSSR count). The maximum absolute atomic E-state index is 11.4. The maximum Gasteiger partial charge on any atom is 0.231 e. The lowest BCUT2D eigenvalue weighted by Gasteiger charge is -2.10. The zero-order chi connectivity index (χ0) is 14.5. The molecule has 0 unspecified atom stereocenters. The Morgan fingerprint density at radius 2 is 2.05 bits per heavy atom. The van der Waals surface area contributed by atoms with Crippen LogP contribution in [0, 0.1) is 0 Å². The Morgan fingerprint density at radius 1 is 1.35 bits per heavy atom. The predicted molar refractivity (Wildman–Crippen MR) is 73.8 cm³/mol. The van der Waals surface area contributed by atoms with E-state index in [1.54, 1.807) is 12.1 Å². The van der Waals surface area contributed by atoms with E-state index in [2.05, 4.69) is 10.6 Å². The van der Waals surface area contributed by atoms with Crippen molar-refractivity contribution in [3.05, 3.63) is 17.7 Å². The van der Waals surface area contributed by atoms with Crippen molar-refractivity contribution in [3.8, 4) is 17.2 Å². The highest BCUT2D eigenvalue weighted by atomic mass is 16.7. The van der Waals surface area contributed by atoms with E-state index in [0.29, 0.717) is 31.0 Å². The van der Waals surface area contributed by atoms with Crippen molar-refractivity contribution in [2.75, 3.05) is 13.3 Å². The van der Waals surface area contributed by atoms with E-state index in [-0.39, 0.29) is 24.5 Å². The van der Waals surface area contributed by atoms with Gasteiger partial charge in [0, 0.05) is 37.2 Å². The van der Waals surface area contributed by atoms with Crippen LogP contribution in [-0.4, -0.2) is 30.4 Å². The first-order valence-corrected chi connectivity index (χ1v) is 6.68. The van der Waals surface area contributed by atoms with Crippen LogP contribution in [0.5, 0.6) is 17.2 Å². The fraction of sp³-hybridized carbons (Fsp3) is 0.500. The molecule has 20 heavy (non-hydrogen) atoms. The van der Waals surface area contributed by atoms with Gasteiger partial charge in [0.05, 0.1) is 0 Å². The number of fused-ring (bicyclic) bond motifs is 1. The molecule has 0 atom stereocenters. The molecular weight excluding hydrogens is 260 g/mol. The summed E-state index contributed by atoms with van der Waals surface area (Å²) in [4.78, 5) is 11.4. The van der Waals surface area contributed by atoms with Crippen LogP contribution in [-0.2, 0) is 11.3 Å². The Bertz CT molecular complexity index is 488. The van der Waals surface area contributed by atoms with Gasteiger partial charge < -0.3 is 25.2 Å². The molecule has 1 aliphatic heterocycles. The molecule has 0 aromatic heterocycles. The summed E-state index contributed by atoms with van der Waals surface area (Å²) in [5.74, 6) is 1.37. The molecule has 0 saturated heterocycles. The zero-order valence-electron chi connectivity index (χ0n) is 11.7. The van der Waals surface area contributed by atoms with Crippen LogP contribution in [0.15, 0.2) is 12.1 Å². The smallest absolute Gasteiger partial charge is 0.231 e. The predicted octanol–water partition coefficient (Wildman–Crippen LogP) is 1.13. The normalized spacial score (nSPS) is 12.8. The monoisotopic (exact) mass is 280 g/mol. The number of amides is 1. The molecule has 0 aliphatic carbocycles. The Kier molecular flexibility index (Phi) is 4.68. The van der Waals surface area contributed by atoms with Crippen LogP contribution in [0.25, 0.3) is 0 Å². The van der Waals surface area contributed by atoms with Crippen molar-refractivity contribution < 1.29 is 19.4 Å². The minimum absolute atomic E-state index is 0.0161. The number of rotatable bonds is 6. The van der Waals surface area contributed by atoms with E-state index in [1.807, 2.05) is 13.8 Å². The summed E-state index contributed by atoms with van der Waals surface area (Å²) in [5.41, 5.74) is 0.721. The molecule has 0 spiro atoms. The average molecular weight is 280 g/mol. The Morgan fingerprint density at radius 3 is 2.75 bits per heavy atom. The second kappa shape index (κ2) is 6.47. The van der Waals surface area contributed by atoms with Crippen molar-refractivity contribution in [2.45, 2.75) is 32.9 Å². The fourth-order valence-corrected chi connectivity index (χ4v) is 1.93. The number of carbonyl (C=O) groups excluding carboxylic acids is 1. The molecule has 0 fully saturated rings. The summed E-state index contributed by atoms with van der Waals surface area (Å²) in [7, 11) is 0. The molecule has 6 heteroatoms. The topological polar surface area (TPSA) is 79.8 Å². The second-order valence-corrected chi connectivity index (χ2v) is 4.98. The summed E-state index contributed by atoms with van der Waals surface area (Å²) in [6.07, 6.45) is 0.406. The van der Waals surface area contributed by atoms with Crippen LogP contribution >= 0.6 is 0 Å². The van der Waals surface area contributed by atoms with E-state index in [9.17, 15) is 9.90 Å². The Labute approximate surface area is 118 Å². The van der Waals surface area contributed by atoms with E-state index in [4.69, 9.17) is 9.47 Å². The third-order valence-corrected chi connectivity index (χ3v) is 2.87. The van der Waals surface area contributed by atoms with Gasteiger partial charge in [-0.1, -0.05) is 0 Å². The largest absolute Gasteiger partial charge is 0.507 e. The van der Waals surface area contributed by atoms with Crippen molar-refractivity contribution in [1.29, 1.82) is 0 Å². The molecule has 0 bridgehead atoms. The summed E-state index contributed by atoms with van der Waals surface area (Å²) >= 11 is 0. The molecule has 1 heterocycles. The molecule has 1 aliphatic rings. The van der Waals surface area contributed by atoms with E-state index >= 15 is 0 Å². The van der Waals surface area contributed by atoms with Crippen LogP contribution in [0.1, 0.15) is 25.8 Å². The minimum atomic E-state index is 0.0161. The third kappa shape index (κ3) is 3.77. The maximum atomic E-state index is 11.4. The summed E-state index contributed by atoms with van der Waals surface area (Å²) in [6.45, 7) is 5.05. The fourth-order valence-electron chi connectivity index (χ4n) is 1.93. The minimum Gasteiger partial charge on any atom is -0.507 e. The second-order valence-electron chi connectivity index (χ2n) is 4.98. The third-order valence-electron chi connectivity index (χ3n) is 2.87. The number of carbonyl (C=O) groups is 1. The molecule has 0 saturated carbocycles. The summed E-state index contributed by atoms with van der Waals surface area (Å²) < 4.78 is 10.4. The van der Waals surface area contributed by atoms with E-state index in [1.165, 1.54) is 0 Å². The van der Waals surface area contributed by atoms with Crippen LogP contribution < -0.4 is 20.1 Å². The number of phenols is 1. The van der Waals surface area contributed by atoms with Gasteiger partial charge in [-0.25, -0.2) is 0 Å². The van der Waals surface area contributed by atoms with Gasteiger partial charge in [-0.05, 0) is 19.9 Å². The number of aromatic hydroxyl groups is 1. The highest BCUT2D eigenvalue weighted by Gasteiger charge is 2.16. The van der Waals surface area contributed by atoms with Gasteiger partial charge >= 0.3 is 0 Å². The van der Waals surface area contributed by atoms with Gasteiger partial charge in [-0.2, -0.15) is 0 Å². The molecule has 1 aromatic rings. The average Bonchev–Trinajstić information content (AvgIpc) is 2.80. The van der Waals surface area contributed by atoms with Gasteiger partial charge in [-0.15, -0.1) is 0 Å². The number of hydrogen-bond donors (Lipinski definition) is 3. The Balaban J connectivity index is 1.79. The lowest BCUT2D eigenvalue weighted by Crippen LogP contribution is -2.32. The van der Waals surface area contributed by atoms with Crippen molar-refractivity contribution in [1.82, 2.24) is 10.6 Å². The molecule has 3 N–H and O–H groups in total. The van der Waals surface area contributed by atoms with Gasteiger partial charge in [-0.3, -0.25) is 4.79 Å². The Hall–Kier alpha value is -1.95. The molecule has 6 nitrogen and oxygen atoms in total. The van der Waals surface area contributed by atoms with Crippen molar-refractivity contribution in [2.24, 2.45) is 0 Å². The number of hydrogen-bond acceptors (Lipinski definition) is 5.